The Balaban J connectivity index is 1.80. The van der Waals surface area contributed by atoms with Crippen molar-refractivity contribution in [2.75, 3.05) is 0 Å². The number of nitrogens with one attached hydrogen (secondary N) is 3. The lowest BCUT2D eigenvalue weighted by atomic mass is 10.3. The molecule has 2 aromatic heterocycles. The van der Waals surface area contributed by atoms with Crippen LogP contribution in [0.5, 0.6) is 0 Å². The van der Waals surface area contributed by atoms with Crippen molar-refractivity contribution >= 4 is 11.8 Å². The zero-order chi connectivity index (χ0) is 13.7. The monoisotopic (exact) mass is 264 g/mol. The van der Waals surface area contributed by atoms with Crippen LogP contribution in [0.1, 0.15) is 23.3 Å². The molecule has 0 aliphatic heterocycles. The average molecular weight is 264 g/mol. The Hall–Kier alpha value is -2.71. The number of aromatic nitrogens is 4. The van der Waals surface area contributed by atoms with Gasteiger partial charge in [-0.3, -0.25) is 9.59 Å². The standard InChI is InChI=1S/C10H12N6O3/c1-6(12-10(18)7-3-2-4-19-7)9(17)11-5-8-13-15-16-14-8/h2-4,6H,5H2,1H3,(H,11,17)(H,12,18)(H,13,14,15,16). The largest absolute Gasteiger partial charge is 0.459 e. The van der Waals surface area contributed by atoms with E-state index in [1.807, 2.05) is 0 Å². The van der Waals surface area contributed by atoms with Crippen molar-refractivity contribution in [2.45, 2.75) is 19.5 Å². The molecule has 2 rings (SSSR count). The zero-order valence-corrected chi connectivity index (χ0v) is 10.1. The van der Waals surface area contributed by atoms with Gasteiger partial charge in [0.25, 0.3) is 5.91 Å². The van der Waals surface area contributed by atoms with Crippen molar-refractivity contribution in [2.24, 2.45) is 0 Å². The van der Waals surface area contributed by atoms with E-state index in [9.17, 15) is 9.59 Å². The lowest BCUT2D eigenvalue weighted by molar-refractivity contribution is -0.122. The number of carbonyl (C=O) groups excluding carboxylic acids is 2. The predicted octanol–water partition coefficient (Wildman–Crippen LogP) is -0.773. The summed E-state index contributed by atoms with van der Waals surface area (Å²) in [4.78, 5) is 23.3. The highest BCUT2D eigenvalue weighted by molar-refractivity contribution is 5.95. The molecule has 9 nitrogen and oxygen atoms in total. The Kier molecular flexibility index (Phi) is 3.86. The van der Waals surface area contributed by atoms with E-state index >= 15 is 0 Å². The van der Waals surface area contributed by atoms with Crippen LogP contribution in [0.25, 0.3) is 0 Å². The number of hydrogen-bond donors (Lipinski definition) is 3. The third kappa shape index (κ3) is 3.37. The summed E-state index contributed by atoms with van der Waals surface area (Å²) in [6.45, 7) is 1.70. The molecule has 2 aromatic rings. The highest BCUT2D eigenvalue weighted by Gasteiger charge is 2.18. The van der Waals surface area contributed by atoms with Crippen molar-refractivity contribution in [1.82, 2.24) is 31.3 Å². The van der Waals surface area contributed by atoms with Gasteiger partial charge in [-0.2, -0.15) is 5.21 Å². The van der Waals surface area contributed by atoms with Crippen molar-refractivity contribution in [1.29, 1.82) is 0 Å². The Morgan fingerprint density at radius 2 is 2.37 bits per heavy atom. The first-order valence-electron chi connectivity index (χ1n) is 5.51. The summed E-state index contributed by atoms with van der Waals surface area (Å²) >= 11 is 0. The number of aromatic amines is 1. The Bertz CT molecular complexity index is 536. The highest BCUT2D eigenvalue weighted by Crippen LogP contribution is 2.00. The second-order valence-electron chi connectivity index (χ2n) is 3.72. The molecule has 0 bridgehead atoms. The quantitative estimate of drug-likeness (QED) is 0.650. The maximum Gasteiger partial charge on any atom is 0.287 e. The molecule has 0 fully saturated rings. The second-order valence-corrected chi connectivity index (χ2v) is 3.72. The first-order chi connectivity index (χ1) is 9.16. The molecule has 0 saturated carbocycles. The van der Waals surface area contributed by atoms with E-state index in [0.717, 1.165) is 0 Å². The first-order valence-corrected chi connectivity index (χ1v) is 5.51. The second kappa shape index (κ2) is 5.76. The summed E-state index contributed by atoms with van der Waals surface area (Å²) in [7, 11) is 0. The Morgan fingerprint density at radius 3 is 3.00 bits per heavy atom. The summed E-state index contributed by atoms with van der Waals surface area (Å²) in [5.41, 5.74) is 0. The summed E-state index contributed by atoms with van der Waals surface area (Å²) < 4.78 is 4.92. The third-order valence-corrected chi connectivity index (χ3v) is 2.30. The SMILES string of the molecule is CC(NC(=O)c1ccco1)C(=O)NCc1nn[nH]n1. The van der Waals surface area contributed by atoms with Crippen molar-refractivity contribution < 1.29 is 14.0 Å². The normalized spacial score (nSPS) is 11.8. The average Bonchev–Trinajstić information content (AvgIpc) is 3.08. The summed E-state index contributed by atoms with van der Waals surface area (Å²) in [5, 5.41) is 18.1. The third-order valence-electron chi connectivity index (χ3n) is 2.30. The van der Waals surface area contributed by atoms with Gasteiger partial charge in [0, 0.05) is 0 Å². The topological polar surface area (TPSA) is 126 Å². The van der Waals surface area contributed by atoms with Gasteiger partial charge in [-0.05, 0) is 19.1 Å². The molecule has 0 radical (unpaired) electrons. The first kappa shape index (κ1) is 12.7. The zero-order valence-electron chi connectivity index (χ0n) is 10.1. The van der Waals surface area contributed by atoms with Gasteiger partial charge >= 0.3 is 0 Å². The number of H-pyrrole nitrogens is 1. The van der Waals surface area contributed by atoms with Crippen LogP contribution < -0.4 is 10.6 Å². The molecule has 0 aromatic carbocycles. The molecular formula is C10H12N6O3. The van der Waals surface area contributed by atoms with E-state index in [2.05, 4.69) is 31.3 Å². The molecule has 0 saturated heterocycles. The van der Waals surface area contributed by atoms with Gasteiger partial charge in [-0.1, -0.05) is 5.21 Å². The van der Waals surface area contributed by atoms with Gasteiger partial charge in [0.2, 0.25) is 5.91 Å². The fourth-order valence-corrected chi connectivity index (χ4v) is 1.32. The maximum absolute atomic E-state index is 11.7. The smallest absolute Gasteiger partial charge is 0.287 e. The number of carbonyl (C=O) groups is 2. The van der Waals surface area contributed by atoms with Crippen LogP contribution in [0.4, 0.5) is 0 Å². The van der Waals surface area contributed by atoms with Gasteiger partial charge < -0.3 is 15.1 Å². The van der Waals surface area contributed by atoms with Crippen LogP contribution >= 0.6 is 0 Å². The molecule has 100 valence electrons. The van der Waals surface area contributed by atoms with Gasteiger partial charge in [0.15, 0.2) is 11.6 Å². The molecule has 0 spiro atoms. The van der Waals surface area contributed by atoms with Crippen molar-refractivity contribution in [3.05, 3.63) is 30.0 Å². The molecule has 19 heavy (non-hydrogen) atoms. The fraction of sp³-hybridized carbons (Fsp3) is 0.300. The molecule has 0 aliphatic carbocycles. The van der Waals surface area contributed by atoms with E-state index in [-0.39, 0.29) is 18.2 Å². The molecule has 2 amide bonds. The summed E-state index contributed by atoms with van der Waals surface area (Å²) in [6.07, 6.45) is 1.38. The van der Waals surface area contributed by atoms with E-state index in [1.165, 1.54) is 12.3 Å². The lowest BCUT2D eigenvalue weighted by Gasteiger charge is -2.12. The van der Waals surface area contributed by atoms with E-state index < -0.39 is 11.9 Å². The van der Waals surface area contributed by atoms with E-state index in [0.29, 0.717) is 5.82 Å². The molecule has 1 unspecified atom stereocenters. The number of furan rings is 1. The minimum absolute atomic E-state index is 0.135. The fourth-order valence-electron chi connectivity index (χ4n) is 1.32. The van der Waals surface area contributed by atoms with Gasteiger partial charge in [0.05, 0.1) is 12.8 Å². The Labute approximate surface area is 107 Å². The van der Waals surface area contributed by atoms with Crippen LogP contribution in [0, 0.1) is 0 Å². The number of amides is 2. The molecule has 0 aliphatic rings. The van der Waals surface area contributed by atoms with Gasteiger partial charge in [-0.25, -0.2) is 0 Å². The number of nitrogens with zero attached hydrogens (tertiary/aromatic N) is 3. The van der Waals surface area contributed by atoms with E-state index in [1.54, 1.807) is 13.0 Å². The number of hydrogen-bond acceptors (Lipinski definition) is 6. The minimum atomic E-state index is -0.704. The van der Waals surface area contributed by atoms with Crippen molar-refractivity contribution in [3.63, 3.8) is 0 Å². The van der Waals surface area contributed by atoms with Gasteiger partial charge in [-0.15, -0.1) is 10.2 Å². The molecule has 2 heterocycles. The minimum Gasteiger partial charge on any atom is -0.459 e. The number of tetrazole rings is 1. The van der Waals surface area contributed by atoms with Crippen LogP contribution in [0.3, 0.4) is 0 Å². The summed E-state index contributed by atoms with van der Waals surface area (Å²) in [6, 6.07) is 2.40. The van der Waals surface area contributed by atoms with Gasteiger partial charge in [0.1, 0.15) is 6.04 Å². The van der Waals surface area contributed by atoms with Crippen molar-refractivity contribution in [3.8, 4) is 0 Å². The van der Waals surface area contributed by atoms with Crippen LogP contribution in [0.15, 0.2) is 22.8 Å². The molecular weight excluding hydrogens is 252 g/mol. The highest BCUT2D eigenvalue weighted by atomic mass is 16.3. The maximum atomic E-state index is 11.7. The predicted molar refractivity (Wildman–Crippen MR) is 61.7 cm³/mol. The Morgan fingerprint density at radius 1 is 1.53 bits per heavy atom. The number of rotatable bonds is 5. The van der Waals surface area contributed by atoms with Crippen LogP contribution in [0.2, 0.25) is 0 Å². The molecule has 1 atom stereocenters. The van der Waals surface area contributed by atoms with E-state index in [4.69, 9.17) is 4.42 Å². The molecule has 3 N–H and O–H groups in total. The lowest BCUT2D eigenvalue weighted by Crippen LogP contribution is -2.44. The molecule has 9 heteroatoms. The summed E-state index contributed by atoms with van der Waals surface area (Å²) in [5.74, 6) is -0.298. The van der Waals surface area contributed by atoms with Crippen LogP contribution in [-0.4, -0.2) is 38.5 Å². The van der Waals surface area contributed by atoms with Crippen LogP contribution in [-0.2, 0) is 11.3 Å².